The summed E-state index contributed by atoms with van der Waals surface area (Å²) >= 11 is 0. The standard InChI is InChI=1S/C21H19N3O5.ClH/c1-3-21(28)13-7-15-17-10(8-24(15)19(26)12(13)9-29-20(21)27)6-11-14(23-17)4-5-16(25)18(11)22-2;/h4-7,22,25,28H,3,8-9H2,1-2H3;1H. The number of nitrogens with zero attached hydrogens (tertiary/aromatic N) is 2. The van der Waals surface area contributed by atoms with E-state index >= 15 is 0 Å². The van der Waals surface area contributed by atoms with E-state index in [1.165, 1.54) is 0 Å². The lowest BCUT2D eigenvalue weighted by Gasteiger charge is -2.31. The first kappa shape index (κ1) is 20.2. The predicted octanol–water partition coefficient (Wildman–Crippen LogP) is 2.25. The van der Waals surface area contributed by atoms with Gasteiger partial charge in [0.05, 0.1) is 34.7 Å². The summed E-state index contributed by atoms with van der Waals surface area (Å²) in [4.78, 5) is 30.1. The Kier molecular flexibility index (Phi) is 4.52. The minimum Gasteiger partial charge on any atom is -0.506 e. The quantitative estimate of drug-likeness (QED) is 0.331. The fourth-order valence-electron chi connectivity index (χ4n) is 4.30. The number of carbonyl (C=O) groups is 1. The molecule has 3 N–H and O–H groups in total. The number of pyridine rings is 2. The molecule has 0 fully saturated rings. The van der Waals surface area contributed by atoms with Crippen molar-refractivity contribution < 1.29 is 19.7 Å². The van der Waals surface area contributed by atoms with E-state index in [4.69, 9.17) is 9.72 Å². The highest BCUT2D eigenvalue weighted by atomic mass is 35.5. The molecule has 0 radical (unpaired) electrons. The van der Waals surface area contributed by atoms with Gasteiger partial charge in [0.25, 0.3) is 5.56 Å². The van der Waals surface area contributed by atoms with Crippen LogP contribution in [0, 0.1) is 0 Å². The Labute approximate surface area is 177 Å². The number of aromatic hydroxyl groups is 1. The molecule has 2 aliphatic heterocycles. The predicted molar refractivity (Wildman–Crippen MR) is 113 cm³/mol. The van der Waals surface area contributed by atoms with Crippen molar-refractivity contribution in [3.8, 4) is 17.1 Å². The number of aliphatic hydroxyl groups is 1. The molecule has 1 atom stereocenters. The molecule has 1 aromatic carbocycles. The molecule has 1 unspecified atom stereocenters. The van der Waals surface area contributed by atoms with Gasteiger partial charge >= 0.3 is 5.97 Å². The van der Waals surface area contributed by atoms with Crippen LogP contribution in [0.3, 0.4) is 0 Å². The molecule has 2 aromatic heterocycles. The third kappa shape index (κ3) is 2.47. The molecule has 0 bridgehead atoms. The van der Waals surface area contributed by atoms with Gasteiger partial charge in [0.2, 0.25) is 0 Å². The first-order chi connectivity index (χ1) is 13.9. The van der Waals surface area contributed by atoms with Crippen LogP contribution < -0.4 is 10.9 Å². The number of esters is 1. The number of cyclic esters (lactones) is 1. The fourth-order valence-corrected chi connectivity index (χ4v) is 4.30. The molecule has 0 saturated carbocycles. The first-order valence-electron chi connectivity index (χ1n) is 9.39. The summed E-state index contributed by atoms with van der Waals surface area (Å²) in [5.74, 6) is -0.621. The molecule has 0 aliphatic carbocycles. The topological polar surface area (TPSA) is 114 Å². The Bertz CT molecular complexity index is 1290. The summed E-state index contributed by atoms with van der Waals surface area (Å²) in [6, 6.07) is 6.87. The summed E-state index contributed by atoms with van der Waals surface area (Å²) in [6.45, 7) is 1.84. The number of benzene rings is 1. The molecule has 156 valence electrons. The van der Waals surface area contributed by atoms with Gasteiger partial charge in [-0.1, -0.05) is 6.92 Å². The number of hydrogen-bond donors (Lipinski definition) is 3. The van der Waals surface area contributed by atoms with Crippen LogP contribution in [0.15, 0.2) is 29.1 Å². The van der Waals surface area contributed by atoms with Gasteiger partial charge in [0.1, 0.15) is 12.4 Å². The number of carbonyl (C=O) groups excluding carboxylic acids is 1. The summed E-state index contributed by atoms with van der Waals surface area (Å²) in [5, 5.41) is 24.7. The molecule has 0 saturated heterocycles. The monoisotopic (exact) mass is 429 g/mol. The molecule has 9 heteroatoms. The number of ether oxygens (including phenoxy) is 1. The molecule has 2 aliphatic rings. The molecule has 5 rings (SSSR count). The molecular formula is C21H20ClN3O5. The van der Waals surface area contributed by atoms with Crippen molar-refractivity contribution in [2.45, 2.75) is 32.1 Å². The number of hydrogen-bond acceptors (Lipinski definition) is 7. The number of anilines is 1. The molecule has 30 heavy (non-hydrogen) atoms. The van der Waals surface area contributed by atoms with Crippen molar-refractivity contribution in [3.05, 3.63) is 51.3 Å². The normalized spacial score (nSPS) is 18.8. The summed E-state index contributed by atoms with van der Waals surface area (Å²) < 4.78 is 6.67. The number of nitrogens with one attached hydrogen (secondary N) is 1. The van der Waals surface area contributed by atoms with Crippen molar-refractivity contribution >= 4 is 35.0 Å². The van der Waals surface area contributed by atoms with Crippen molar-refractivity contribution in [1.82, 2.24) is 9.55 Å². The van der Waals surface area contributed by atoms with Gasteiger partial charge in [0, 0.05) is 23.6 Å². The highest BCUT2D eigenvalue weighted by molar-refractivity contribution is 5.97. The zero-order chi connectivity index (χ0) is 20.5. The highest BCUT2D eigenvalue weighted by Gasteiger charge is 2.45. The molecule has 0 spiro atoms. The SMILES string of the molecule is CCC1(O)C(=O)OCc2c1cc1n(c2=O)Cc2cc3c(NC)c(O)ccc3nc2-1.Cl. The number of rotatable bonds is 2. The maximum atomic E-state index is 13.1. The molecule has 4 heterocycles. The lowest BCUT2D eigenvalue weighted by atomic mass is 9.86. The Morgan fingerprint density at radius 3 is 2.77 bits per heavy atom. The van der Waals surface area contributed by atoms with E-state index in [0.29, 0.717) is 40.3 Å². The lowest BCUT2D eigenvalue weighted by Crippen LogP contribution is -2.44. The highest BCUT2D eigenvalue weighted by Crippen LogP contribution is 2.40. The molecular weight excluding hydrogens is 410 g/mol. The van der Waals surface area contributed by atoms with Crippen LogP contribution in [0.4, 0.5) is 5.69 Å². The first-order valence-corrected chi connectivity index (χ1v) is 9.39. The zero-order valence-corrected chi connectivity index (χ0v) is 17.2. The number of phenols is 1. The average Bonchev–Trinajstić information content (AvgIpc) is 3.08. The largest absolute Gasteiger partial charge is 0.506 e. The minimum absolute atomic E-state index is 0. The maximum Gasteiger partial charge on any atom is 0.343 e. The van der Waals surface area contributed by atoms with Gasteiger partial charge in [0.15, 0.2) is 5.60 Å². The molecule has 3 aromatic rings. The Morgan fingerprint density at radius 1 is 1.30 bits per heavy atom. The van der Waals surface area contributed by atoms with Crippen molar-refractivity contribution in [2.75, 3.05) is 12.4 Å². The van der Waals surface area contributed by atoms with E-state index in [1.807, 2.05) is 6.07 Å². The van der Waals surface area contributed by atoms with Crippen LogP contribution in [0.25, 0.3) is 22.3 Å². The van der Waals surface area contributed by atoms with Crippen LogP contribution >= 0.6 is 12.4 Å². The average molecular weight is 430 g/mol. The number of phenolic OH excluding ortho intramolecular Hbond substituents is 1. The third-order valence-electron chi connectivity index (χ3n) is 5.92. The summed E-state index contributed by atoms with van der Waals surface area (Å²) in [6.07, 6.45) is 0.102. The zero-order valence-electron chi connectivity index (χ0n) is 16.4. The molecule has 8 nitrogen and oxygen atoms in total. The molecule has 0 amide bonds. The van der Waals surface area contributed by atoms with Crippen molar-refractivity contribution in [3.63, 3.8) is 0 Å². The van der Waals surface area contributed by atoms with Gasteiger partial charge in [-0.2, -0.15) is 0 Å². The van der Waals surface area contributed by atoms with Gasteiger partial charge in [-0.25, -0.2) is 9.78 Å². The second-order valence-corrected chi connectivity index (χ2v) is 7.38. The van der Waals surface area contributed by atoms with E-state index in [-0.39, 0.29) is 36.7 Å². The van der Waals surface area contributed by atoms with Crippen LogP contribution in [0.2, 0.25) is 0 Å². The Hall–Kier alpha value is -3.10. The van der Waals surface area contributed by atoms with Crippen molar-refractivity contribution in [2.24, 2.45) is 0 Å². The minimum atomic E-state index is -1.84. The van der Waals surface area contributed by atoms with Gasteiger partial charge in [-0.3, -0.25) is 4.79 Å². The third-order valence-corrected chi connectivity index (χ3v) is 5.92. The second-order valence-electron chi connectivity index (χ2n) is 7.38. The number of halogens is 1. The van der Waals surface area contributed by atoms with Gasteiger partial charge in [-0.05, 0) is 30.7 Å². The van der Waals surface area contributed by atoms with Crippen LogP contribution in [0.5, 0.6) is 5.75 Å². The maximum absolute atomic E-state index is 13.1. The Morgan fingerprint density at radius 2 is 2.07 bits per heavy atom. The van der Waals surface area contributed by atoms with Gasteiger partial charge in [-0.15, -0.1) is 12.4 Å². The number of aromatic nitrogens is 2. The van der Waals surface area contributed by atoms with Gasteiger partial charge < -0.3 is 24.8 Å². The summed E-state index contributed by atoms with van der Waals surface area (Å²) in [7, 11) is 1.72. The van der Waals surface area contributed by atoms with Crippen LogP contribution in [0.1, 0.15) is 30.0 Å². The smallest absolute Gasteiger partial charge is 0.343 e. The van der Waals surface area contributed by atoms with E-state index in [2.05, 4.69) is 5.32 Å². The van der Waals surface area contributed by atoms with E-state index in [9.17, 15) is 19.8 Å². The van der Waals surface area contributed by atoms with E-state index in [1.54, 1.807) is 36.7 Å². The van der Waals surface area contributed by atoms with E-state index < -0.39 is 11.6 Å². The lowest BCUT2D eigenvalue weighted by molar-refractivity contribution is -0.172. The number of fused-ring (bicyclic) bond motifs is 5. The second kappa shape index (κ2) is 6.72. The van der Waals surface area contributed by atoms with Crippen LogP contribution in [-0.2, 0) is 28.3 Å². The fraction of sp³-hybridized carbons (Fsp3) is 0.286. The van der Waals surface area contributed by atoms with E-state index in [0.717, 1.165) is 10.9 Å². The Balaban J connectivity index is 0.00000218. The summed E-state index contributed by atoms with van der Waals surface area (Å²) in [5.41, 5.74) is 1.70. The van der Waals surface area contributed by atoms with Crippen molar-refractivity contribution in [1.29, 1.82) is 0 Å². The van der Waals surface area contributed by atoms with Crippen LogP contribution in [-0.4, -0.2) is 32.8 Å².